The second-order valence-electron chi connectivity index (χ2n) is 7.50. The minimum absolute atomic E-state index is 0.0142. The van der Waals surface area contributed by atoms with Crippen molar-refractivity contribution in [1.29, 1.82) is 0 Å². The average Bonchev–Trinajstić information content (AvgIpc) is 3.07. The van der Waals surface area contributed by atoms with Crippen LogP contribution in [-0.2, 0) is 6.54 Å². The highest BCUT2D eigenvalue weighted by Crippen LogP contribution is 2.34. The summed E-state index contributed by atoms with van der Waals surface area (Å²) in [7, 11) is 1.69. The Morgan fingerprint density at radius 3 is 2.67 bits per heavy atom. The molecule has 2 aromatic rings. The zero-order valence-corrected chi connectivity index (χ0v) is 15.8. The molecule has 1 fully saturated rings. The van der Waals surface area contributed by atoms with E-state index in [-0.39, 0.29) is 5.91 Å². The first-order chi connectivity index (χ1) is 13.1. The highest BCUT2D eigenvalue weighted by Gasteiger charge is 2.30. The van der Waals surface area contributed by atoms with Crippen LogP contribution in [0.4, 0.5) is 0 Å². The van der Waals surface area contributed by atoms with Gasteiger partial charge in [0.1, 0.15) is 11.5 Å². The molecule has 3 unspecified atom stereocenters. The summed E-state index contributed by atoms with van der Waals surface area (Å²) in [6.07, 6.45) is 1.08. The van der Waals surface area contributed by atoms with Crippen molar-refractivity contribution >= 4 is 5.91 Å². The number of amides is 1. The Balaban J connectivity index is 1.47. The van der Waals surface area contributed by atoms with Crippen LogP contribution in [0.1, 0.15) is 40.7 Å². The molecule has 2 N–H and O–H groups in total. The highest BCUT2D eigenvalue weighted by atomic mass is 16.5. The third kappa shape index (κ3) is 3.78. The van der Waals surface area contributed by atoms with Crippen LogP contribution in [0.15, 0.2) is 42.5 Å². The number of carbonyl (C=O) groups is 1. The number of carbonyl (C=O) groups excluding carboxylic acids is 1. The van der Waals surface area contributed by atoms with Crippen molar-refractivity contribution in [2.45, 2.75) is 31.8 Å². The number of rotatable bonds is 5. The van der Waals surface area contributed by atoms with Gasteiger partial charge in [-0.1, -0.05) is 18.2 Å². The monoisotopic (exact) mass is 366 g/mol. The summed E-state index contributed by atoms with van der Waals surface area (Å²) in [6, 6.07) is 14.7. The van der Waals surface area contributed by atoms with E-state index in [1.807, 2.05) is 30.3 Å². The Morgan fingerprint density at radius 1 is 1.11 bits per heavy atom. The second kappa shape index (κ2) is 7.61. The van der Waals surface area contributed by atoms with Gasteiger partial charge in [0.05, 0.1) is 13.7 Å². The van der Waals surface area contributed by atoms with Gasteiger partial charge >= 0.3 is 0 Å². The molecule has 0 aromatic heterocycles. The summed E-state index contributed by atoms with van der Waals surface area (Å²) in [5.41, 5.74) is 3.09. The highest BCUT2D eigenvalue weighted by molar-refractivity contribution is 5.98. The lowest BCUT2D eigenvalue weighted by Gasteiger charge is -2.36. The molecule has 0 radical (unpaired) electrons. The summed E-state index contributed by atoms with van der Waals surface area (Å²) >= 11 is 0. The fraction of sp³-hybridized carbons (Fsp3) is 0.409. The Bertz CT molecular complexity index is 819. The van der Waals surface area contributed by atoms with Gasteiger partial charge in [-0.15, -0.1) is 0 Å². The molecule has 0 spiro atoms. The maximum atomic E-state index is 11.9. The van der Waals surface area contributed by atoms with Crippen LogP contribution in [0.3, 0.4) is 0 Å². The number of hydrogen-bond acceptors (Lipinski definition) is 4. The smallest absolute Gasteiger partial charge is 0.252 e. The molecule has 142 valence electrons. The number of piperidine rings is 1. The van der Waals surface area contributed by atoms with E-state index in [0.29, 0.717) is 31.0 Å². The minimum atomic E-state index is -0.0142. The molecule has 2 heterocycles. The van der Waals surface area contributed by atoms with Crippen molar-refractivity contribution in [2.24, 2.45) is 5.92 Å². The van der Waals surface area contributed by atoms with E-state index in [1.165, 1.54) is 5.56 Å². The summed E-state index contributed by atoms with van der Waals surface area (Å²) < 4.78 is 11.4. The number of ether oxygens (including phenoxy) is 2. The first-order valence-corrected chi connectivity index (χ1v) is 9.55. The standard InChI is InChI=1S/C22H26N2O3/c1-14-9-20(15-3-6-18(26-2)7-4-15)17(12-23-14)13-27-19-8-5-16-11-24-22(25)21(16)10-19/h3-8,10,14,17,20,23H,9,11-13H2,1-2H3,(H,24,25). The number of methoxy groups -OCH3 is 1. The molecule has 2 aliphatic rings. The van der Waals surface area contributed by atoms with Gasteiger partial charge in [-0.25, -0.2) is 0 Å². The fourth-order valence-electron chi connectivity index (χ4n) is 4.07. The molecule has 4 rings (SSSR count). The van der Waals surface area contributed by atoms with Crippen molar-refractivity contribution in [3.05, 3.63) is 59.2 Å². The first-order valence-electron chi connectivity index (χ1n) is 9.55. The molecule has 2 aliphatic heterocycles. The lowest BCUT2D eigenvalue weighted by atomic mass is 9.79. The molecule has 1 amide bonds. The molecule has 27 heavy (non-hydrogen) atoms. The van der Waals surface area contributed by atoms with Gasteiger partial charge in [0.2, 0.25) is 0 Å². The molecule has 3 atom stereocenters. The molecule has 5 heteroatoms. The molecule has 0 aliphatic carbocycles. The average molecular weight is 366 g/mol. The number of benzene rings is 2. The predicted octanol–water partition coefficient (Wildman–Crippen LogP) is 3.10. The maximum Gasteiger partial charge on any atom is 0.252 e. The van der Waals surface area contributed by atoms with E-state index >= 15 is 0 Å². The van der Waals surface area contributed by atoms with E-state index in [9.17, 15) is 4.79 Å². The van der Waals surface area contributed by atoms with Gasteiger partial charge in [0, 0.05) is 30.6 Å². The molecular formula is C22H26N2O3. The van der Waals surface area contributed by atoms with E-state index in [2.05, 4.69) is 29.7 Å². The number of nitrogens with one attached hydrogen (secondary N) is 2. The van der Waals surface area contributed by atoms with Crippen LogP contribution in [0.2, 0.25) is 0 Å². The molecule has 0 saturated carbocycles. The Morgan fingerprint density at radius 2 is 1.89 bits per heavy atom. The SMILES string of the molecule is COc1ccc(C2CC(C)NCC2COc2ccc3c(c2)C(=O)NC3)cc1. The van der Waals surface area contributed by atoms with Crippen LogP contribution in [0, 0.1) is 5.92 Å². The summed E-state index contributed by atoms with van der Waals surface area (Å²) in [4.78, 5) is 11.9. The Kier molecular flexibility index (Phi) is 5.03. The van der Waals surface area contributed by atoms with Crippen molar-refractivity contribution in [3.63, 3.8) is 0 Å². The van der Waals surface area contributed by atoms with Gasteiger partial charge in [0.25, 0.3) is 5.91 Å². The third-order valence-corrected chi connectivity index (χ3v) is 5.68. The van der Waals surface area contributed by atoms with Gasteiger partial charge in [0.15, 0.2) is 0 Å². The van der Waals surface area contributed by atoms with Gasteiger partial charge in [-0.3, -0.25) is 4.79 Å². The van der Waals surface area contributed by atoms with Crippen LogP contribution < -0.4 is 20.1 Å². The summed E-state index contributed by atoms with van der Waals surface area (Å²) in [5.74, 6) is 2.43. The van der Waals surface area contributed by atoms with E-state index < -0.39 is 0 Å². The lowest BCUT2D eigenvalue weighted by Crippen LogP contribution is -2.43. The molecular weight excluding hydrogens is 340 g/mol. The maximum absolute atomic E-state index is 11.9. The van der Waals surface area contributed by atoms with Gasteiger partial charge in [-0.05, 0) is 54.7 Å². The Hall–Kier alpha value is -2.53. The van der Waals surface area contributed by atoms with Crippen molar-refractivity contribution in [3.8, 4) is 11.5 Å². The van der Waals surface area contributed by atoms with Crippen molar-refractivity contribution < 1.29 is 14.3 Å². The Labute approximate surface area is 160 Å². The number of fused-ring (bicyclic) bond motifs is 1. The third-order valence-electron chi connectivity index (χ3n) is 5.68. The summed E-state index contributed by atoms with van der Waals surface area (Å²) in [5, 5.41) is 6.42. The fourth-order valence-corrected chi connectivity index (χ4v) is 4.07. The minimum Gasteiger partial charge on any atom is -0.497 e. The topological polar surface area (TPSA) is 59.6 Å². The normalized spacial score (nSPS) is 24.2. The molecule has 1 saturated heterocycles. The molecule has 0 bridgehead atoms. The molecule has 5 nitrogen and oxygen atoms in total. The van der Waals surface area contributed by atoms with E-state index in [0.717, 1.165) is 35.6 Å². The zero-order chi connectivity index (χ0) is 18.8. The quantitative estimate of drug-likeness (QED) is 0.854. The van der Waals surface area contributed by atoms with Crippen molar-refractivity contribution in [1.82, 2.24) is 10.6 Å². The van der Waals surface area contributed by atoms with Crippen LogP contribution in [-0.4, -0.2) is 32.2 Å². The second-order valence-corrected chi connectivity index (χ2v) is 7.50. The van der Waals surface area contributed by atoms with Crippen molar-refractivity contribution in [2.75, 3.05) is 20.3 Å². The lowest BCUT2D eigenvalue weighted by molar-refractivity contribution is 0.0965. The van der Waals surface area contributed by atoms with Crippen LogP contribution in [0.25, 0.3) is 0 Å². The first kappa shape index (κ1) is 17.9. The van der Waals surface area contributed by atoms with Crippen LogP contribution >= 0.6 is 0 Å². The van der Waals surface area contributed by atoms with Gasteiger partial charge in [-0.2, -0.15) is 0 Å². The molecule has 2 aromatic carbocycles. The zero-order valence-electron chi connectivity index (χ0n) is 15.8. The van der Waals surface area contributed by atoms with Gasteiger partial charge < -0.3 is 20.1 Å². The van der Waals surface area contributed by atoms with E-state index in [4.69, 9.17) is 9.47 Å². The van der Waals surface area contributed by atoms with E-state index in [1.54, 1.807) is 7.11 Å². The summed E-state index contributed by atoms with van der Waals surface area (Å²) in [6.45, 7) is 4.38. The van der Waals surface area contributed by atoms with Crippen LogP contribution in [0.5, 0.6) is 11.5 Å². The largest absolute Gasteiger partial charge is 0.497 e. The number of hydrogen-bond donors (Lipinski definition) is 2. The predicted molar refractivity (Wildman–Crippen MR) is 104 cm³/mol.